The Labute approximate surface area is 107 Å². The second-order valence-electron chi connectivity index (χ2n) is 4.49. The van der Waals surface area contributed by atoms with Crippen LogP contribution in [0.3, 0.4) is 0 Å². The van der Waals surface area contributed by atoms with Gasteiger partial charge in [0.15, 0.2) is 0 Å². The first-order valence-electron chi connectivity index (χ1n) is 5.49. The molecule has 0 saturated carbocycles. The summed E-state index contributed by atoms with van der Waals surface area (Å²) in [5.74, 6) is 1.55. The van der Waals surface area contributed by atoms with Gasteiger partial charge in [-0.3, -0.25) is 4.79 Å². The van der Waals surface area contributed by atoms with E-state index in [4.69, 9.17) is 0 Å². The van der Waals surface area contributed by atoms with Crippen molar-refractivity contribution in [2.45, 2.75) is 0 Å². The molecule has 5 heteroatoms. The van der Waals surface area contributed by atoms with Crippen LogP contribution in [0.2, 0.25) is 0 Å². The lowest BCUT2D eigenvalue weighted by molar-refractivity contribution is 0.0786. The first kappa shape index (κ1) is 10.7. The zero-order valence-electron chi connectivity index (χ0n) is 8.78. The number of rotatable bonds is 1. The van der Waals surface area contributed by atoms with E-state index in [2.05, 4.69) is 21.2 Å². The van der Waals surface area contributed by atoms with Crippen molar-refractivity contribution in [1.82, 2.24) is 10.2 Å². The van der Waals surface area contributed by atoms with Gasteiger partial charge in [-0.1, -0.05) is 0 Å². The van der Waals surface area contributed by atoms with Gasteiger partial charge >= 0.3 is 0 Å². The Bertz CT molecular complexity index is 408. The van der Waals surface area contributed by atoms with Crippen molar-refractivity contribution in [2.24, 2.45) is 11.8 Å². The van der Waals surface area contributed by atoms with Crippen molar-refractivity contribution in [3.8, 4) is 0 Å². The largest absolute Gasteiger partial charge is 0.337 e. The van der Waals surface area contributed by atoms with Crippen LogP contribution in [0.1, 0.15) is 9.67 Å². The summed E-state index contributed by atoms with van der Waals surface area (Å²) in [5, 5.41) is 3.38. The zero-order valence-corrected chi connectivity index (χ0v) is 11.2. The van der Waals surface area contributed by atoms with Gasteiger partial charge < -0.3 is 10.2 Å². The van der Waals surface area contributed by atoms with E-state index >= 15 is 0 Å². The maximum Gasteiger partial charge on any atom is 0.263 e. The molecule has 0 aromatic carbocycles. The standard InChI is InChI=1S/C11H13BrN2OS/c12-10-2-1-9(16-10)11(15)14-5-7-3-13-4-8(7)6-14/h1-2,7-8,13H,3-6H2/t7-,8+. The van der Waals surface area contributed by atoms with Gasteiger partial charge in [0, 0.05) is 26.2 Å². The van der Waals surface area contributed by atoms with Crippen LogP contribution in [0, 0.1) is 11.8 Å². The number of nitrogens with zero attached hydrogens (tertiary/aromatic N) is 1. The molecule has 2 saturated heterocycles. The smallest absolute Gasteiger partial charge is 0.263 e. The first-order chi connectivity index (χ1) is 7.74. The van der Waals surface area contributed by atoms with E-state index in [1.165, 1.54) is 11.3 Å². The topological polar surface area (TPSA) is 32.3 Å². The number of amides is 1. The number of fused-ring (bicyclic) bond motifs is 1. The molecule has 86 valence electrons. The summed E-state index contributed by atoms with van der Waals surface area (Å²) in [4.78, 5) is 15.0. The predicted octanol–water partition coefficient (Wildman–Crippen LogP) is 1.80. The van der Waals surface area contributed by atoms with Gasteiger partial charge in [0.2, 0.25) is 0 Å². The summed E-state index contributed by atoms with van der Waals surface area (Å²) in [6.45, 7) is 3.99. The van der Waals surface area contributed by atoms with E-state index in [1.54, 1.807) is 0 Å². The Morgan fingerprint density at radius 2 is 2.06 bits per heavy atom. The van der Waals surface area contributed by atoms with Crippen LogP contribution in [0.25, 0.3) is 0 Å². The van der Waals surface area contributed by atoms with E-state index in [0.717, 1.165) is 34.8 Å². The van der Waals surface area contributed by atoms with E-state index in [0.29, 0.717) is 11.8 Å². The van der Waals surface area contributed by atoms with Gasteiger partial charge in [-0.15, -0.1) is 11.3 Å². The van der Waals surface area contributed by atoms with Crippen LogP contribution in [0.15, 0.2) is 15.9 Å². The lowest BCUT2D eigenvalue weighted by atomic mass is 10.0. The molecule has 16 heavy (non-hydrogen) atoms. The number of halogens is 1. The first-order valence-corrected chi connectivity index (χ1v) is 7.10. The number of hydrogen-bond acceptors (Lipinski definition) is 3. The van der Waals surface area contributed by atoms with Crippen molar-refractivity contribution < 1.29 is 4.79 Å². The Kier molecular flexibility index (Phi) is 2.77. The summed E-state index contributed by atoms with van der Waals surface area (Å²) >= 11 is 4.92. The summed E-state index contributed by atoms with van der Waals surface area (Å²) in [7, 11) is 0. The number of carbonyl (C=O) groups is 1. The molecule has 1 amide bonds. The molecular formula is C11H13BrN2OS. The highest BCUT2D eigenvalue weighted by Gasteiger charge is 2.38. The number of thiophene rings is 1. The Hall–Kier alpha value is -0.390. The third-order valence-electron chi connectivity index (χ3n) is 3.46. The predicted molar refractivity (Wildman–Crippen MR) is 67.8 cm³/mol. The Morgan fingerprint density at radius 3 is 2.62 bits per heavy atom. The maximum absolute atomic E-state index is 12.2. The second-order valence-corrected chi connectivity index (χ2v) is 6.96. The molecule has 2 aliphatic heterocycles. The van der Waals surface area contributed by atoms with Crippen molar-refractivity contribution in [1.29, 1.82) is 0 Å². The normalized spacial score (nSPS) is 28.4. The highest BCUT2D eigenvalue weighted by molar-refractivity contribution is 9.11. The molecule has 1 N–H and O–H groups in total. The molecule has 3 nitrogen and oxygen atoms in total. The van der Waals surface area contributed by atoms with Gasteiger partial charge in [0.25, 0.3) is 5.91 Å². The lowest BCUT2D eigenvalue weighted by Gasteiger charge is -2.16. The molecule has 1 aromatic rings. The molecule has 0 bridgehead atoms. The molecular weight excluding hydrogens is 288 g/mol. The summed E-state index contributed by atoms with van der Waals surface area (Å²) in [6, 6.07) is 3.85. The monoisotopic (exact) mass is 300 g/mol. The fraction of sp³-hybridized carbons (Fsp3) is 0.545. The van der Waals surface area contributed by atoms with Crippen molar-refractivity contribution >= 4 is 33.2 Å². The summed E-state index contributed by atoms with van der Waals surface area (Å²) in [6.07, 6.45) is 0. The minimum atomic E-state index is 0.199. The second kappa shape index (κ2) is 4.13. The minimum absolute atomic E-state index is 0.199. The Balaban J connectivity index is 1.73. The van der Waals surface area contributed by atoms with E-state index in [9.17, 15) is 4.79 Å². The number of likely N-dealkylation sites (tertiary alicyclic amines) is 1. The average molecular weight is 301 g/mol. The summed E-state index contributed by atoms with van der Waals surface area (Å²) in [5.41, 5.74) is 0. The van der Waals surface area contributed by atoms with E-state index < -0.39 is 0 Å². The van der Waals surface area contributed by atoms with Crippen LogP contribution in [0.4, 0.5) is 0 Å². The SMILES string of the molecule is O=C(c1ccc(Br)s1)N1C[C@H]2CNC[C@H]2C1. The van der Waals surface area contributed by atoms with Crippen LogP contribution < -0.4 is 5.32 Å². The molecule has 2 atom stereocenters. The summed E-state index contributed by atoms with van der Waals surface area (Å²) < 4.78 is 1.02. The van der Waals surface area contributed by atoms with Gasteiger partial charge in [-0.05, 0) is 39.9 Å². The fourth-order valence-corrected chi connectivity index (χ4v) is 3.96. The van der Waals surface area contributed by atoms with Gasteiger partial charge in [-0.2, -0.15) is 0 Å². The van der Waals surface area contributed by atoms with Crippen molar-refractivity contribution in [3.05, 3.63) is 20.8 Å². The van der Waals surface area contributed by atoms with Gasteiger partial charge in [-0.25, -0.2) is 0 Å². The molecule has 0 spiro atoms. The lowest BCUT2D eigenvalue weighted by Crippen LogP contribution is -2.31. The zero-order chi connectivity index (χ0) is 11.1. The van der Waals surface area contributed by atoms with Crippen molar-refractivity contribution in [2.75, 3.05) is 26.2 Å². The van der Waals surface area contributed by atoms with Gasteiger partial charge in [0.1, 0.15) is 0 Å². The van der Waals surface area contributed by atoms with Crippen molar-refractivity contribution in [3.63, 3.8) is 0 Å². The molecule has 0 unspecified atom stereocenters. The quantitative estimate of drug-likeness (QED) is 0.858. The molecule has 1 aromatic heterocycles. The van der Waals surface area contributed by atoms with E-state index in [1.807, 2.05) is 17.0 Å². The molecule has 2 fully saturated rings. The molecule has 3 rings (SSSR count). The number of nitrogens with one attached hydrogen (secondary N) is 1. The average Bonchev–Trinajstić information content (AvgIpc) is 2.89. The number of hydrogen-bond donors (Lipinski definition) is 1. The highest BCUT2D eigenvalue weighted by atomic mass is 79.9. The van der Waals surface area contributed by atoms with Crippen LogP contribution in [-0.2, 0) is 0 Å². The van der Waals surface area contributed by atoms with Gasteiger partial charge in [0.05, 0.1) is 8.66 Å². The minimum Gasteiger partial charge on any atom is -0.337 e. The molecule has 0 radical (unpaired) electrons. The Morgan fingerprint density at radius 1 is 1.38 bits per heavy atom. The molecule has 2 aliphatic rings. The number of carbonyl (C=O) groups excluding carboxylic acids is 1. The molecule has 3 heterocycles. The highest BCUT2D eigenvalue weighted by Crippen LogP contribution is 2.29. The fourth-order valence-electron chi connectivity index (χ4n) is 2.61. The third kappa shape index (κ3) is 1.81. The van der Waals surface area contributed by atoms with E-state index in [-0.39, 0.29) is 5.91 Å². The van der Waals surface area contributed by atoms with Crippen LogP contribution in [0.5, 0.6) is 0 Å². The maximum atomic E-state index is 12.2. The third-order valence-corrected chi connectivity index (χ3v) is 5.07. The molecule has 0 aliphatic carbocycles. The van der Waals surface area contributed by atoms with Crippen LogP contribution >= 0.6 is 27.3 Å². The van der Waals surface area contributed by atoms with Crippen LogP contribution in [-0.4, -0.2) is 37.0 Å².